The molecular weight excluding hydrogens is 334 g/mol. The molecule has 25 heavy (non-hydrogen) atoms. The van der Waals surface area contributed by atoms with E-state index < -0.39 is 11.9 Å². The highest BCUT2D eigenvalue weighted by molar-refractivity contribution is 7.13. The summed E-state index contributed by atoms with van der Waals surface area (Å²) in [7, 11) is 0. The second-order valence-electron chi connectivity index (χ2n) is 6.46. The number of carboxylic acid groups (broad SMARTS) is 1. The van der Waals surface area contributed by atoms with E-state index in [0.29, 0.717) is 6.42 Å². The van der Waals surface area contributed by atoms with Gasteiger partial charge in [-0.25, -0.2) is 4.98 Å². The van der Waals surface area contributed by atoms with Crippen molar-refractivity contribution in [2.75, 3.05) is 0 Å². The lowest BCUT2D eigenvalue weighted by atomic mass is 9.94. The minimum Gasteiger partial charge on any atom is -0.481 e. The molecule has 0 aliphatic rings. The summed E-state index contributed by atoms with van der Waals surface area (Å²) in [5, 5.41) is 12.1. The lowest BCUT2D eigenvalue weighted by Gasteiger charge is -2.10. The largest absolute Gasteiger partial charge is 0.481 e. The van der Waals surface area contributed by atoms with Gasteiger partial charge in [0, 0.05) is 23.8 Å². The van der Waals surface area contributed by atoms with Crippen LogP contribution in [-0.4, -0.2) is 21.8 Å². The highest BCUT2D eigenvalue weighted by atomic mass is 32.1. The fourth-order valence-corrected chi connectivity index (χ4v) is 3.55. The van der Waals surface area contributed by atoms with Crippen LogP contribution in [0.2, 0.25) is 0 Å². The Labute approximate surface area is 152 Å². The van der Waals surface area contributed by atoms with Gasteiger partial charge in [-0.3, -0.25) is 9.59 Å². The molecule has 0 saturated carbocycles. The summed E-state index contributed by atoms with van der Waals surface area (Å²) in [4.78, 5) is 28.1. The standard InChI is InChI=1S/C20H25NO3S/c1-3-4-5-6-16(20(23)24)11-18(22)12-17-13-25-19(21-17)15-9-7-14(2)8-10-15/h7-10,13,16H,3-6,11-12H2,1-2H3,(H,23,24). The van der Waals surface area contributed by atoms with Crippen molar-refractivity contribution in [2.24, 2.45) is 5.92 Å². The van der Waals surface area contributed by atoms with Crippen molar-refractivity contribution < 1.29 is 14.7 Å². The van der Waals surface area contributed by atoms with Crippen LogP contribution < -0.4 is 0 Å². The number of thiazole rings is 1. The van der Waals surface area contributed by atoms with Crippen molar-refractivity contribution in [2.45, 2.75) is 52.4 Å². The molecule has 1 aromatic carbocycles. The maximum atomic E-state index is 12.3. The number of carbonyl (C=O) groups is 2. The smallest absolute Gasteiger partial charge is 0.306 e. The van der Waals surface area contributed by atoms with Crippen LogP contribution in [0.15, 0.2) is 29.6 Å². The third kappa shape index (κ3) is 6.09. The molecule has 1 N–H and O–H groups in total. The molecule has 0 radical (unpaired) electrons. The van der Waals surface area contributed by atoms with Gasteiger partial charge in [-0.1, -0.05) is 56.0 Å². The zero-order valence-corrected chi connectivity index (χ0v) is 15.6. The van der Waals surface area contributed by atoms with E-state index >= 15 is 0 Å². The minimum atomic E-state index is -0.872. The Kier molecular flexibility index (Phi) is 7.31. The number of aliphatic carboxylic acids is 1. The Morgan fingerprint density at radius 2 is 1.92 bits per heavy atom. The van der Waals surface area contributed by atoms with Gasteiger partial charge < -0.3 is 5.11 Å². The second kappa shape index (κ2) is 9.47. The van der Waals surface area contributed by atoms with Gasteiger partial charge in [0.05, 0.1) is 11.6 Å². The predicted octanol–water partition coefficient (Wildman–Crippen LogP) is 4.90. The molecule has 2 aromatic rings. The average Bonchev–Trinajstić information content (AvgIpc) is 3.03. The molecule has 0 bridgehead atoms. The van der Waals surface area contributed by atoms with E-state index in [-0.39, 0.29) is 18.6 Å². The number of rotatable bonds is 10. The number of benzene rings is 1. The van der Waals surface area contributed by atoms with E-state index in [9.17, 15) is 14.7 Å². The van der Waals surface area contributed by atoms with Gasteiger partial charge in [0.15, 0.2) is 0 Å². The van der Waals surface area contributed by atoms with Crippen LogP contribution in [-0.2, 0) is 16.0 Å². The first kappa shape index (κ1) is 19.3. The number of hydrogen-bond donors (Lipinski definition) is 1. The van der Waals surface area contributed by atoms with Crippen molar-refractivity contribution in [3.05, 3.63) is 40.9 Å². The molecule has 2 rings (SSSR count). The zero-order valence-electron chi connectivity index (χ0n) is 14.8. The fraction of sp³-hybridized carbons (Fsp3) is 0.450. The van der Waals surface area contributed by atoms with E-state index in [1.165, 1.54) is 16.9 Å². The lowest BCUT2D eigenvalue weighted by molar-refractivity contribution is -0.144. The van der Waals surface area contributed by atoms with Gasteiger partial charge in [-0.05, 0) is 13.3 Å². The topological polar surface area (TPSA) is 67.3 Å². The normalized spacial score (nSPS) is 12.1. The number of aromatic nitrogens is 1. The zero-order chi connectivity index (χ0) is 18.2. The van der Waals surface area contributed by atoms with Gasteiger partial charge in [-0.2, -0.15) is 0 Å². The molecular formula is C20H25NO3S. The van der Waals surface area contributed by atoms with Crippen molar-refractivity contribution in [3.8, 4) is 10.6 Å². The maximum Gasteiger partial charge on any atom is 0.306 e. The van der Waals surface area contributed by atoms with Crippen molar-refractivity contribution in [3.63, 3.8) is 0 Å². The summed E-state index contributed by atoms with van der Waals surface area (Å²) < 4.78 is 0. The number of carbonyl (C=O) groups excluding carboxylic acids is 1. The summed E-state index contributed by atoms with van der Waals surface area (Å²) in [6.45, 7) is 4.11. The lowest BCUT2D eigenvalue weighted by Crippen LogP contribution is -2.19. The quantitative estimate of drug-likeness (QED) is 0.613. The van der Waals surface area contributed by atoms with E-state index in [2.05, 4.69) is 11.9 Å². The van der Waals surface area contributed by atoms with Crippen LogP contribution in [0.4, 0.5) is 0 Å². The summed E-state index contributed by atoms with van der Waals surface area (Å²) >= 11 is 1.51. The first-order valence-electron chi connectivity index (χ1n) is 8.75. The minimum absolute atomic E-state index is 0.0512. The molecule has 1 unspecified atom stereocenters. The molecule has 134 valence electrons. The molecule has 1 aromatic heterocycles. The first-order chi connectivity index (χ1) is 12.0. The summed E-state index contributed by atoms with van der Waals surface area (Å²) in [6.07, 6.45) is 3.77. The second-order valence-corrected chi connectivity index (χ2v) is 7.32. The molecule has 0 amide bonds. The number of nitrogens with zero attached hydrogens (tertiary/aromatic N) is 1. The number of unbranched alkanes of at least 4 members (excludes halogenated alkanes) is 2. The molecule has 0 saturated heterocycles. The van der Waals surface area contributed by atoms with Crippen molar-refractivity contribution in [1.29, 1.82) is 0 Å². The number of Topliss-reactive ketones (excluding diaryl/α,β-unsaturated/α-hetero) is 1. The molecule has 1 heterocycles. The Bertz CT molecular complexity index is 706. The van der Waals surface area contributed by atoms with E-state index in [0.717, 1.165) is 35.5 Å². The van der Waals surface area contributed by atoms with Gasteiger partial charge >= 0.3 is 5.97 Å². The Morgan fingerprint density at radius 3 is 2.56 bits per heavy atom. The number of ketones is 1. The number of aryl methyl sites for hydroxylation is 1. The van der Waals surface area contributed by atoms with Crippen LogP contribution in [0.5, 0.6) is 0 Å². The molecule has 0 aliphatic carbocycles. The average molecular weight is 359 g/mol. The van der Waals surface area contributed by atoms with E-state index in [4.69, 9.17) is 0 Å². The summed E-state index contributed by atoms with van der Waals surface area (Å²) in [6, 6.07) is 8.12. The van der Waals surface area contributed by atoms with Crippen molar-refractivity contribution in [1.82, 2.24) is 4.98 Å². The van der Waals surface area contributed by atoms with E-state index in [1.54, 1.807) is 0 Å². The van der Waals surface area contributed by atoms with Crippen LogP contribution in [0.25, 0.3) is 10.6 Å². The summed E-state index contributed by atoms with van der Waals surface area (Å²) in [5.41, 5.74) is 2.96. The molecule has 0 spiro atoms. The Balaban J connectivity index is 1.93. The van der Waals surface area contributed by atoms with Gasteiger partial charge in [0.25, 0.3) is 0 Å². The van der Waals surface area contributed by atoms with Gasteiger partial charge in [0.2, 0.25) is 0 Å². The SMILES string of the molecule is CCCCCC(CC(=O)Cc1csc(-c2ccc(C)cc2)n1)C(=O)O. The summed E-state index contributed by atoms with van der Waals surface area (Å²) in [5.74, 6) is -1.50. The monoisotopic (exact) mass is 359 g/mol. The number of carboxylic acids is 1. The van der Waals surface area contributed by atoms with Crippen LogP contribution >= 0.6 is 11.3 Å². The number of hydrogen-bond acceptors (Lipinski definition) is 4. The molecule has 1 atom stereocenters. The maximum absolute atomic E-state index is 12.3. The van der Waals surface area contributed by atoms with Gasteiger partial charge in [0.1, 0.15) is 10.8 Å². The molecule has 5 heteroatoms. The Hall–Kier alpha value is -2.01. The molecule has 4 nitrogen and oxygen atoms in total. The van der Waals surface area contributed by atoms with Crippen LogP contribution in [0, 0.1) is 12.8 Å². The first-order valence-corrected chi connectivity index (χ1v) is 9.63. The third-order valence-electron chi connectivity index (χ3n) is 4.21. The Morgan fingerprint density at radius 1 is 1.20 bits per heavy atom. The van der Waals surface area contributed by atoms with Crippen molar-refractivity contribution >= 4 is 23.1 Å². The van der Waals surface area contributed by atoms with Gasteiger partial charge in [-0.15, -0.1) is 11.3 Å². The van der Waals surface area contributed by atoms with Crippen LogP contribution in [0.1, 0.15) is 50.3 Å². The fourth-order valence-electron chi connectivity index (χ4n) is 2.72. The highest BCUT2D eigenvalue weighted by Crippen LogP contribution is 2.25. The predicted molar refractivity (Wildman–Crippen MR) is 101 cm³/mol. The molecule has 0 fully saturated rings. The van der Waals surface area contributed by atoms with Crippen LogP contribution in [0.3, 0.4) is 0 Å². The van der Waals surface area contributed by atoms with E-state index in [1.807, 2.05) is 36.6 Å². The molecule has 0 aliphatic heterocycles. The third-order valence-corrected chi connectivity index (χ3v) is 5.15. The highest BCUT2D eigenvalue weighted by Gasteiger charge is 2.21.